The van der Waals surface area contributed by atoms with Crippen LogP contribution < -0.4 is 0 Å². The van der Waals surface area contributed by atoms with Gasteiger partial charge in [0.15, 0.2) is 11.6 Å². The van der Waals surface area contributed by atoms with Crippen LogP contribution in [0.5, 0.6) is 0 Å². The van der Waals surface area contributed by atoms with Gasteiger partial charge in [0.05, 0.1) is 5.38 Å². The molecule has 0 heterocycles. The van der Waals surface area contributed by atoms with E-state index in [1.54, 1.807) is 0 Å². The van der Waals surface area contributed by atoms with E-state index in [-0.39, 0.29) is 5.56 Å². The number of aryl methyl sites for hydroxylation is 1. The molecule has 0 amide bonds. The quantitative estimate of drug-likeness (QED) is 0.626. The van der Waals surface area contributed by atoms with E-state index in [1.165, 1.54) is 17.7 Å². The maximum absolute atomic E-state index is 13.7. The normalized spacial score (nSPS) is 12.4. The average Bonchev–Trinajstić information content (AvgIpc) is 2.48. The Kier molecular flexibility index (Phi) is 5.13. The summed E-state index contributed by atoms with van der Waals surface area (Å²) in [6.45, 7) is 2.15. The zero-order chi connectivity index (χ0) is 14.5. The molecule has 2 aromatic carbocycles. The van der Waals surface area contributed by atoms with Crippen LogP contribution in [-0.4, -0.2) is 0 Å². The van der Waals surface area contributed by atoms with Gasteiger partial charge in [-0.25, -0.2) is 8.78 Å². The van der Waals surface area contributed by atoms with Crippen molar-refractivity contribution in [1.29, 1.82) is 0 Å². The molecule has 0 aliphatic carbocycles. The molecule has 0 nitrogen and oxygen atoms in total. The van der Waals surface area contributed by atoms with Crippen LogP contribution in [0.3, 0.4) is 0 Å². The van der Waals surface area contributed by atoms with Gasteiger partial charge in [-0.2, -0.15) is 0 Å². The summed E-state index contributed by atoms with van der Waals surface area (Å²) in [5.41, 5.74) is 2.18. The van der Waals surface area contributed by atoms with Crippen LogP contribution in [-0.2, 0) is 6.42 Å². The van der Waals surface area contributed by atoms with Gasteiger partial charge in [0.25, 0.3) is 0 Å². The Bertz CT molecular complexity index is 564. The molecule has 1 unspecified atom stereocenters. The second kappa shape index (κ2) is 6.85. The fraction of sp³-hybridized carbons (Fsp3) is 0.294. The van der Waals surface area contributed by atoms with E-state index >= 15 is 0 Å². The molecular formula is C17H17ClF2. The third-order valence-corrected chi connectivity index (χ3v) is 3.83. The van der Waals surface area contributed by atoms with Crippen molar-refractivity contribution in [2.45, 2.75) is 31.6 Å². The number of halogens is 3. The maximum atomic E-state index is 13.7. The van der Waals surface area contributed by atoms with Crippen molar-refractivity contribution in [2.75, 3.05) is 0 Å². The molecule has 0 aromatic heterocycles. The van der Waals surface area contributed by atoms with Crippen molar-refractivity contribution < 1.29 is 8.78 Å². The van der Waals surface area contributed by atoms with Crippen LogP contribution in [0.15, 0.2) is 42.5 Å². The highest BCUT2D eigenvalue weighted by molar-refractivity contribution is 6.22. The fourth-order valence-electron chi connectivity index (χ4n) is 2.13. The molecule has 3 heteroatoms. The van der Waals surface area contributed by atoms with E-state index in [0.29, 0.717) is 0 Å². The topological polar surface area (TPSA) is 0 Å². The molecule has 0 bridgehead atoms. The Morgan fingerprint density at radius 2 is 1.75 bits per heavy atom. The highest BCUT2D eigenvalue weighted by atomic mass is 35.5. The third kappa shape index (κ3) is 3.37. The fourth-order valence-corrected chi connectivity index (χ4v) is 2.44. The summed E-state index contributed by atoms with van der Waals surface area (Å²) >= 11 is 6.26. The number of unbranched alkanes of at least 4 members (excludes halogenated alkanes) is 1. The summed E-state index contributed by atoms with van der Waals surface area (Å²) in [4.78, 5) is 0. The Balaban J connectivity index is 2.20. The number of rotatable bonds is 5. The van der Waals surface area contributed by atoms with Crippen molar-refractivity contribution in [1.82, 2.24) is 0 Å². The lowest BCUT2D eigenvalue weighted by Crippen LogP contribution is -1.99. The molecule has 0 aliphatic rings. The smallest absolute Gasteiger partial charge is 0.163 e. The molecule has 1 atom stereocenters. The molecule has 0 N–H and O–H groups in total. The van der Waals surface area contributed by atoms with Crippen LogP contribution in [0.2, 0.25) is 0 Å². The van der Waals surface area contributed by atoms with Gasteiger partial charge in [-0.3, -0.25) is 0 Å². The zero-order valence-corrected chi connectivity index (χ0v) is 12.1. The summed E-state index contributed by atoms with van der Waals surface area (Å²) in [6, 6.07) is 11.8. The second-order valence-electron chi connectivity index (χ2n) is 4.85. The average molecular weight is 295 g/mol. The lowest BCUT2D eigenvalue weighted by atomic mass is 10.0. The standard InChI is InChI=1S/C17H17ClF2/c1-2-3-5-12-8-10-13(11-9-12)16(18)14-6-4-7-15(19)17(14)20/h4,6-11,16H,2-3,5H2,1H3. The van der Waals surface area contributed by atoms with Gasteiger partial charge in [0.2, 0.25) is 0 Å². The first-order valence-corrected chi connectivity index (χ1v) is 7.24. The van der Waals surface area contributed by atoms with Crippen LogP contribution in [0, 0.1) is 11.6 Å². The van der Waals surface area contributed by atoms with E-state index in [9.17, 15) is 8.78 Å². The van der Waals surface area contributed by atoms with Crippen molar-refractivity contribution in [3.05, 3.63) is 70.8 Å². The molecule has 0 aliphatic heterocycles. The first kappa shape index (κ1) is 15.0. The molecule has 2 aromatic rings. The number of hydrogen-bond acceptors (Lipinski definition) is 0. The first-order chi connectivity index (χ1) is 9.63. The molecule has 2 rings (SSSR count). The van der Waals surface area contributed by atoms with E-state index in [4.69, 9.17) is 11.6 Å². The van der Waals surface area contributed by atoms with Gasteiger partial charge in [-0.15, -0.1) is 11.6 Å². The van der Waals surface area contributed by atoms with E-state index in [2.05, 4.69) is 6.92 Å². The predicted molar refractivity (Wildman–Crippen MR) is 79.1 cm³/mol. The SMILES string of the molecule is CCCCc1ccc(C(Cl)c2cccc(F)c2F)cc1. The highest BCUT2D eigenvalue weighted by Crippen LogP contribution is 2.31. The highest BCUT2D eigenvalue weighted by Gasteiger charge is 2.17. The summed E-state index contributed by atoms with van der Waals surface area (Å²) in [7, 11) is 0. The van der Waals surface area contributed by atoms with E-state index in [1.807, 2.05) is 24.3 Å². The maximum Gasteiger partial charge on any atom is 0.163 e. The van der Waals surface area contributed by atoms with Crippen molar-refractivity contribution in [3.63, 3.8) is 0 Å². The molecule has 0 saturated heterocycles. The van der Waals surface area contributed by atoms with Gasteiger partial charge in [-0.05, 0) is 30.0 Å². The summed E-state index contributed by atoms with van der Waals surface area (Å²) in [5, 5.41) is -0.675. The predicted octanol–water partition coefficient (Wildman–Crippen LogP) is 5.64. The molecule has 0 spiro atoms. The van der Waals surface area contributed by atoms with Gasteiger partial charge in [0.1, 0.15) is 0 Å². The third-order valence-electron chi connectivity index (χ3n) is 3.35. The van der Waals surface area contributed by atoms with Crippen molar-refractivity contribution in [2.24, 2.45) is 0 Å². The zero-order valence-electron chi connectivity index (χ0n) is 11.4. The monoisotopic (exact) mass is 294 g/mol. The Morgan fingerprint density at radius 3 is 2.40 bits per heavy atom. The van der Waals surface area contributed by atoms with E-state index in [0.717, 1.165) is 30.9 Å². The van der Waals surface area contributed by atoms with Gasteiger partial charge in [-0.1, -0.05) is 49.7 Å². The van der Waals surface area contributed by atoms with Gasteiger partial charge < -0.3 is 0 Å². The molecular weight excluding hydrogens is 278 g/mol. The van der Waals surface area contributed by atoms with Crippen molar-refractivity contribution >= 4 is 11.6 Å². The lowest BCUT2D eigenvalue weighted by Gasteiger charge is -2.12. The summed E-state index contributed by atoms with van der Waals surface area (Å²) in [5.74, 6) is -1.74. The molecule has 0 radical (unpaired) electrons. The Labute approximate surface area is 123 Å². The largest absolute Gasteiger partial charge is 0.204 e. The van der Waals surface area contributed by atoms with Crippen LogP contribution in [0.25, 0.3) is 0 Å². The Hall–Kier alpha value is -1.41. The minimum Gasteiger partial charge on any atom is -0.204 e. The van der Waals surface area contributed by atoms with Crippen LogP contribution in [0.4, 0.5) is 8.78 Å². The molecule has 0 saturated carbocycles. The van der Waals surface area contributed by atoms with E-state index < -0.39 is 17.0 Å². The number of benzene rings is 2. The Morgan fingerprint density at radius 1 is 1.05 bits per heavy atom. The molecule has 0 fully saturated rings. The van der Waals surface area contributed by atoms with Crippen molar-refractivity contribution in [3.8, 4) is 0 Å². The van der Waals surface area contributed by atoms with Crippen LogP contribution in [0.1, 0.15) is 41.8 Å². The number of alkyl halides is 1. The van der Waals surface area contributed by atoms with Crippen LogP contribution >= 0.6 is 11.6 Å². The molecule has 106 valence electrons. The second-order valence-corrected chi connectivity index (χ2v) is 5.29. The van der Waals surface area contributed by atoms with Gasteiger partial charge >= 0.3 is 0 Å². The minimum absolute atomic E-state index is 0.174. The first-order valence-electron chi connectivity index (χ1n) is 6.80. The summed E-state index contributed by atoms with van der Waals surface area (Å²) < 4.78 is 26.9. The minimum atomic E-state index is -0.873. The summed E-state index contributed by atoms with van der Waals surface area (Å²) in [6.07, 6.45) is 3.31. The lowest BCUT2D eigenvalue weighted by molar-refractivity contribution is 0.500. The number of hydrogen-bond donors (Lipinski definition) is 0. The van der Waals surface area contributed by atoms with Gasteiger partial charge in [0, 0.05) is 5.56 Å². The molecule has 20 heavy (non-hydrogen) atoms.